The molecule has 0 aliphatic carbocycles. The van der Waals surface area contributed by atoms with Crippen molar-refractivity contribution in [1.82, 2.24) is 14.9 Å². The molecule has 0 aliphatic heterocycles. The molecule has 0 spiro atoms. The fraction of sp³-hybridized carbons (Fsp3) is 0.200. The highest BCUT2D eigenvalue weighted by Gasteiger charge is 2.09. The molecular weight excluding hydrogens is 492 g/mol. The minimum atomic E-state index is -0.166. The summed E-state index contributed by atoms with van der Waals surface area (Å²) < 4.78 is 7.09. The van der Waals surface area contributed by atoms with E-state index in [9.17, 15) is 9.59 Å². The van der Waals surface area contributed by atoms with Crippen molar-refractivity contribution in [3.05, 3.63) is 105 Å². The Hall–Kier alpha value is -4.92. The molecule has 4 aromatic rings. The van der Waals surface area contributed by atoms with Gasteiger partial charge in [-0.05, 0) is 96.6 Å². The molecule has 9 heteroatoms. The number of hydrogen-bond acceptors (Lipinski definition) is 7. The van der Waals surface area contributed by atoms with E-state index in [1.54, 1.807) is 37.8 Å². The molecule has 4 rings (SSSR count). The molecule has 2 aromatic heterocycles. The van der Waals surface area contributed by atoms with Crippen LogP contribution in [0.3, 0.4) is 0 Å². The van der Waals surface area contributed by atoms with Gasteiger partial charge in [-0.25, -0.2) is 4.98 Å². The maximum atomic E-state index is 11.9. The number of aromatic nitrogens is 2. The quantitative estimate of drug-likeness (QED) is 0.231. The number of fused-ring (bicyclic) bond motifs is 1. The zero-order valence-corrected chi connectivity index (χ0v) is 22.6. The molecule has 2 aromatic carbocycles. The first-order valence-electron chi connectivity index (χ1n) is 12.4. The van der Waals surface area contributed by atoms with E-state index in [2.05, 4.69) is 15.3 Å². The number of hydrogen-bond donors (Lipinski definition) is 3. The molecule has 1 amide bonds. The number of nitrogens with zero attached hydrogens (tertiary/aromatic N) is 3. The largest absolute Gasteiger partial charge is 0.452 e. The Bertz CT molecular complexity index is 1560. The summed E-state index contributed by atoms with van der Waals surface area (Å²) >= 11 is 0. The average Bonchev–Trinajstić information content (AvgIpc) is 2.93. The Morgan fingerprint density at radius 2 is 1.90 bits per heavy atom. The lowest BCUT2D eigenvalue weighted by molar-refractivity contribution is -0.109. The van der Waals surface area contributed by atoms with Gasteiger partial charge in [0.15, 0.2) is 5.75 Å². The second kappa shape index (κ2) is 13.6. The van der Waals surface area contributed by atoms with Gasteiger partial charge in [-0.1, -0.05) is 12.1 Å². The number of rotatable bonds is 8. The van der Waals surface area contributed by atoms with Gasteiger partial charge in [-0.15, -0.1) is 0 Å². The van der Waals surface area contributed by atoms with Crippen LogP contribution in [0.4, 0.5) is 5.82 Å². The lowest BCUT2D eigenvalue weighted by atomic mass is 9.96. The second-order valence-electron chi connectivity index (χ2n) is 9.00. The van der Waals surface area contributed by atoms with Gasteiger partial charge in [-0.3, -0.25) is 14.6 Å². The van der Waals surface area contributed by atoms with Crippen LogP contribution in [0.1, 0.15) is 29.2 Å². The summed E-state index contributed by atoms with van der Waals surface area (Å²) in [4.78, 5) is 30.6. The summed E-state index contributed by atoms with van der Waals surface area (Å²) in [5.74, 6) is 1.47. The second-order valence-corrected chi connectivity index (χ2v) is 9.00. The maximum absolute atomic E-state index is 11.9. The molecule has 0 bridgehead atoms. The van der Waals surface area contributed by atoms with Gasteiger partial charge in [0.05, 0.1) is 6.54 Å². The van der Waals surface area contributed by atoms with E-state index in [1.807, 2.05) is 57.2 Å². The number of aryl methyl sites for hydroxylation is 3. The summed E-state index contributed by atoms with van der Waals surface area (Å²) in [5.41, 5.74) is 16.4. The third-order valence-corrected chi connectivity index (χ3v) is 6.15. The number of nitrogen functional groups attached to an aromatic ring is 1. The van der Waals surface area contributed by atoms with Crippen molar-refractivity contribution in [2.24, 2.45) is 17.8 Å². The molecule has 5 N–H and O–H groups in total. The SMILES string of the molecule is C/C(C=NCc1ccc(Oc2cccn(C)c2=O)cc1)=C/N.Cc1cc2c(N)nccc2c(C)c1CNC=O. The summed E-state index contributed by atoms with van der Waals surface area (Å²) in [5, 5.41) is 4.76. The standard InChI is InChI=1S/C17H19N3O2.C13H15N3O/c1-13(10-18)11-19-12-14-5-7-15(8-6-14)22-16-4-3-9-20(2)17(16)21;1-8-5-11-10(3-4-16-13(11)14)9(2)12(8)6-15-7-17/h3-11H,12,18H2,1-2H3;3-5,7H,6H2,1-2H3,(H2,14,16)(H,15,17)/b13-10-,19-11?;. The molecule has 0 unspecified atom stereocenters. The van der Waals surface area contributed by atoms with Crippen molar-refractivity contribution < 1.29 is 9.53 Å². The summed E-state index contributed by atoms with van der Waals surface area (Å²) in [6.07, 6.45) is 7.36. The van der Waals surface area contributed by atoms with Crippen LogP contribution in [-0.2, 0) is 24.9 Å². The minimum Gasteiger partial charge on any atom is -0.452 e. The zero-order chi connectivity index (χ0) is 28.4. The van der Waals surface area contributed by atoms with Gasteiger partial charge in [-0.2, -0.15) is 0 Å². The van der Waals surface area contributed by atoms with Crippen molar-refractivity contribution in [1.29, 1.82) is 0 Å². The fourth-order valence-electron chi connectivity index (χ4n) is 3.92. The van der Waals surface area contributed by atoms with Gasteiger partial charge in [0.2, 0.25) is 6.41 Å². The van der Waals surface area contributed by atoms with Crippen molar-refractivity contribution >= 4 is 29.2 Å². The van der Waals surface area contributed by atoms with Gasteiger partial charge in [0, 0.05) is 37.6 Å². The molecule has 0 radical (unpaired) electrons. The monoisotopic (exact) mass is 526 g/mol. The first kappa shape index (κ1) is 28.6. The molecule has 39 heavy (non-hydrogen) atoms. The van der Waals surface area contributed by atoms with Crippen LogP contribution in [0, 0.1) is 13.8 Å². The van der Waals surface area contributed by atoms with E-state index < -0.39 is 0 Å². The topological polar surface area (TPSA) is 138 Å². The van der Waals surface area contributed by atoms with Crippen LogP contribution in [-0.4, -0.2) is 22.2 Å². The van der Waals surface area contributed by atoms with Crippen LogP contribution in [0.15, 0.2) is 82.5 Å². The number of amides is 1. The number of pyridine rings is 2. The molecular formula is C30H34N6O3. The van der Waals surface area contributed by atoms with Gasteiger partial charge < -0.3 is 26.1 Å². The number of carbonyl (C=O) groups excluding carboxylic acids is 1. The Kier molecular flexibility index (Phi) is 9.97. The van der Waals surface area contributed by atoms with Crippen molar-refractivity contribution in [2.45, 2.75) is 33.9 Å². The lowest BCUT2D eigenvalue weighted by Crippen LogP contribution is -2.16. The number of aliphatic imine (C=N–C) groups is 1. The highest BCUT2D eigenvalue weighted by Crippen LogP contribution is 2.27. The number of anilines is 1. The molecule has 9 nitrogen and oxygen atoms in total. The first-order chi connectivity index (χ1) is 18.7. The molecule has 0 aliphatic rings. The molecule has 2 heterocycles. The minimum absolute atomic E-state index is 0.166. The Morgan fingerprint density at radius 1 is 1.15 bits per heavy atom. The predicted molar refractivity (Wildman–Crippen MR) is 157 cm³/mol. The number of nitrogens with one attached hydrogen (secondary N) is 1. The fourth-order valence-corrected chi connectivity index (χ4v) is 3.92. The highest BCUT2D eigenvalue weighted by atomic mass is 16.5. The number of allylic oxidation sites excluding steroid dienone is 1. The molecule has 0 atom stereocenters. The molecule has 0 saturated heterocycles. The summed E-state index contributed by atoms with van der Waals surface area (Å²) in [6.45, 7) is 7.05. The van der Waals surface area contributed by atoms with E-state index in [0.29, 0.717) is 36.8 Å². The van der Waals surface area contributed by atoms with Crippen molar-refractivity contribution in [3.8, 4) is 11.5 Å². The highest BCUT2D eigenvalue weighted by molar-refractivity contribution is 5.94. The third kappa shape index (κ3) is 7.54. The normalized spacial score (nSPS) is 11.2. The van der Waals surface area contributed by atoms with Crippen LogP contribution in [0.25, 0.3) is 10.8 Å². The third-order valence-electron chi connectivity index (χ3n) is 6.15. The maximum Gasteiger partial charge on any atom is 0.293 e. The van der Waals surface area contributed by atoms with Crippen LogP contribution in [0.2, 0.25) is 0 Å². The molecule has 202 valence electrons. The smallest absolute Gasteiger partial charge is 0.293 e. The van der Waals surface area contributed by atoms with Crippen LogP contribution in [0.5, 0.6) is 11.5 Å². The molecule has 0 saturated carbocycles. The number of ether oxygens (including phenoxy) is 1. The van der Waals surface area contributed by atoms with E-state index >= 15 is 0 Å². The summed E-state index contributed by atoms with van der Waals surface area (Å²) in [7, 11) is 1.69. The summed E-state index contributed by atoms with van der Waals surface area (Å²) in [6, 6.07) is 14.9. The number of carbonyl (C=O) groups is 1. The zero-order valence-electron chi connectivity index (χ0n) is 22.6. The van der Waals surface area contributed by atoms with Crippen LogP contribution < -0.4 is 27.1 Å². The molecule has 0 fully saturated rings. The van der Waals surface area contributed by atoms with E-state index in [4.69, 9.17) is 16.2 Å². The van der Waals surface area contributed by atoms with Gasteiger partial charge in [0.25, 0.3) is 5.56 Å². The Balaban J connectivity index is 0.000000223. The Morgan fingerprint density at radius 3 is 2.59 bits per heavy atom. The number of nitrogens with two attached hydrogens (primary N) is 2. The van der Waals surface area contributed by atoms with Crippen LogP contribution >= 0.6 is 0 Å². The van der Waals surface area contributed by atoms with Gasteiger partial charge in [0.1, 0.15) is 11.6 Å². The van der Waals surface area contributed by atoms with E-state index in [0.717, 1.165) is 38.6 Å². The Labute approximate surface area is 227 Å². The van der Waals surface area contributed by atoms with E-state index in [1.165, 1.54) is 10.8 Å². The first-order valence-corrected chi connectivity index (χ1v) is 12.4. The van der Waals surface area contributed by atoms with Crippen molar-refractivity contribution in [3.63, 3.8) is 0 Å². The van der Waals surface area contributed by atoms with Crippen molar-refractivity contribution in [2.75, 3.05) is 5.73 Å². The average molecular weight is 527 g/mol. The lowest BCUT2D eigenvalue weighted by Gasteiger charge is -2.13. The predicted octanol–water partition coefficient (Wildman–Crippen LogP) is 4.29. The number of benzene rings is 2. The van der Waals surface area contributed by atoms with E-state index in [-0.39, 0.29) is 5.56 Å². The van der Waals surface area contributed by atoms with Gasteiger partial charge >= 0.3 is 0 Å².